The zero-order valence-electron chi connectivity index (χ0n) is 12.2. The van der Waals surface area contributed by atoms with Crippen LogP contribution in [0.4, 0.5) is 5.82 Å². The molecule has 0 unspecified atom stereocenters. The molecule has 20 heavy (non-hydrogen) atoms. The van der Waals surface area contributed by atoms with Gasteiger partial charge in [0, 0.05) is 31.4 Å². The molecule has 0 atom stereocenters. The fourth-order valence-electron chi connectivity index (χ4n) is 2.50. The van der Waals surface area contributed by atoms with E-state index in [1.807, 2.05) is 6.20 Å². The van der Waals surface area contributed by atoms with E-state index in [1.165, 1.54) is 44.1 Å². The summed E-state index contributed by atoms with van der Waals surface area (Å²) in [6.07, 6.45) is 9.60. The Morgan fingerprint density at radius 3 is 2.75 bits per heavy atom. The predicted octanol–water partition coefficient (Wildman–Crippen LogP) is 3.76. The Labute approximate surface area is 126 Å². The number of nitrogens with one attached hydrogen (secondary N) is 1. The average Bonchev–Trinajstić information content (AvgIpc) is 3.32. The van der Waals surface area contributed by atoms with Crippen LogP contribution < -0.4 is 10.2 Å². The van der Waals surface area contributed by atoms with Crippen LogP contribution in [0.15, 0.2) is 12.3 Å². The summed E-state index contributed by atoms with van der Waals surface area (Å²) in [5, 5.41) is 4.31. The standard InChI is InChI=1S/C16H24ClN3/c1-2-3-8-20(14-6-7-14)16-15(17)9-12(11-19-16)10-18-13-4-5-13/h9,11,13-14,18H,2-8,10H2,1H3. The van der Waals surface area contributed by atoms with Gasteiger partial charge >= 0.3 is 0 Å². The second-order valence-electron chi connectivity index (χ2n) is 6.08. The molecule has 1 aromatic heterocycles. The van der Waals surface area contributed by atoms with E-state index in [9.17, 15) is 0 Å². The molecule has 1 aromatic rings. The number of aromatic nitrogens is 1. The molecule has 4 heteroatoms. The molecule has 2 saturated carbocycles. The summed E-state index contributed by atoms with van der Waals surface area (Å²) < 4.78 is 0. The lowest BCUT2D eigenvalue weighted by Gasteiger charge is -2.24. The largest absolute Gasteiger partial charge is 0.352 e. The molecule has 0 aromatic carbocycles. The van der Waals surface area contributed by atoms with Crippen molar-refractivity contribution >= 4 is 17.4 Å². The zero-order valence-corrected chi connectivity index (χ0v) is 13.0. The van der Waals surface area contributed by atoms with Crippen LogP contribution in [0.2, 0.25) is 5.02 Å². The van der Waals surface area contributed by atoms with E-state index in [-0.39, 0.29) is 0 Å². The Hall–Kier alpha value is -0.800. The summed E-state index contributed by atoms with van der Waals surface area (Å²) >= 11 is 6.47. The Bertz CT molecular complexity index is 455. The third-order valence-electron chi connectivity index (χ3n) is 4.06. The molecule has 2 aliphatic carbocycles. The fraction of sp³-hybridized carbons (Fsp3) is 0.688. The zero-order chi connectivity index (χ0) is 13.9. The van der Waals surface area contributed by atoms with E-state index < -0.39 is 0 Å². The predicted molar refractivity (Wildman–Crippen MR) is 84.4 cm³/mol. The number of pyridine rings is 1. The minimum absolute atomic E-state index is 0.669. The lowest BCUT2D eigenvalue weighted by atomic mass is 10.2. The molecule has 1 heterocycles. The summed E-state index contributed by atoms with van der Waals surface area (Å²) in [7, 11) is 0. The Morgan fingerprint density at radius 1 is 1.35 bits per heavy atom. The molecule has 0 radical (unpaired) electrons. The Kier molecular flexibility index (Phi) is 4.47. The maximum atomic E-state index is 6.47. The molecule has 2 fully saturated rings. The summed E-state index contributed by atoms with van der Waals surface area (Å²) in [4.78, 5) is 7.05. The molecule has 3 rings (SSSR count). The van der Waals surface area contributed by atoms with Crippen LogP contribution in [-0.2, 0) is 6.54 Å². The van der Waals surface area contributed by atoms with E-state index >= 15 is 0 Å². The van der Waals surface area contributed by atoms with Crippen LogP contribution >= 0.6 is 11.6 Å². The first-order valence-electron chi connectivity index (χ1n) is 7.92. The molecule has 0 spiro atoms. The highest BCUT2D eigenvalue weighted by atomic mass is 35.5. The van der Waals surface area contributed by atoms with Crippen molar-refractivity contribution in [3.05, 3.63) is 22.8 Å². The smallest absolute Gasteiger partial charge is 0.147 e. The third-order valence-corrected chi connectivity index (χ3v) is 4.34. The van der Waals surface area contributed by atoms with Gasteiger partial charge in [-0.15, -0.1) is 0 Å². The number of unbranched alkanes of at least 4 members (excludes halogenated alkanes) is 1. The lowest BCUT2D eigenvalue weighted by molar-refractivity contribution is 0.682. The molecule has 3 nitrogen and oxygen atoms in total. The van der Waals surface area contributed by atoms with Gasteiger partial charge in [0.2, 0.25) is 0 Å². The van der Waals surface area contributed by atoms with Gasteiger partial charge in [-0.1, -0.05) is 24.9 Å². The van der Waals surface area contributed by atoms with Gasteiger partial charge in [-0.05, 0) is 43.7 Å². The van der Waals surface area contributed by atoms with E-state index in [0.717, 1.165) is 30.0 Å². The molecule has 1 N–H and O–H groups in total. The van der Waals surface area contributed by atoms with Crippen LogP contribution in [0, 0.1) is 0 Å². The summed E-state index contributed by atoms with van der Waals surface area (Å²) in [5.74, 6) is 0.984. The topological polar surface area (TPSA) is 28.2 Å². The van der Waals surface area contributed by atoms with Crippen molar-refractivity contribution in [2.75, 3.05) is 11.4 Å². The minimum atomic E-state index is 0.669. The van der Waals surface area contributed by atoms with E-state index in [1.54, 1.807) is 0 Å². The SMILES string of the molecule is CCCCN(c1ncc(CNC2CC2)cc1Cl)C1CC1. The molecule has 0 amide bonds. The van der Waals surface area contributed by atoms with Crippen molar-refractivity contribution in [2.45, 2.75) is 64.1 Å². The highest BCUT2D eigenvalue weighted by Gasteiger charge is 2.30. The van der Waals surface area contributed by atoms with E-state index in [4.69, 9.17) is 11.6 Å². The number of halogens is 1. The van der Waals surface area contributed by atoms with Crippen LogP contribution in [-0.4, -0.2) is 23.6 Å². The average molecular weight is 294 g/mol. The van der Waals surface area contributed by atoms with Crippen LogP contribution in [0.25, 0.3) is 0 Å². The van der Waals surface area contributed by atoms with Gasteiger partial charge in [-0.3, -0.25) is 0 Å². The minimum Gasteiger partial charge on any atom is -0.352 e. The van der Waals surface area contributed by atoms with Gasteiger partial charge in [-0.2, -0.15) is 0 Å². The van der Waals surface area contributed by atoms with Crippen molar-refractivity contribution in [1.29, 1.82) is 0 Å². The van der Waals surface area contributed by atoms with Gasteiger partial charge in [0.15, 0.2) is 0 Å². The van der Waals surface area contributed by atoms with Crippen molar-refractivity contribution in [3.63, 3.8) is 0 Å². The molecule has 110 valence electrons. The molecule has 2 aliphatic rings. The number of nitrogens with zero attached hydrogens (tertiary/aromatic N) is 2. The second-order valence-corrected chi connectivity index (χ2v) is 6.49. The van der Waals surface area contributed by atoms with Crippen molar-refractivity contribution in [3.8, 4) is 0 Å². The lowest BCUT2D eigenvalue weighted by Crippen LogP contribution is -2.28. The summed E-state index contributed by atoms with van der Waals surface area (Å²) in [5.41, 5.74) is 1.19. The van der Waals surface area contributed by atoms with E-state index in [0.29, 0.717) is 6.04 Å². The van der Waals surface area contributed by atoms with Crippen molar-refractivity contribution in [2.24, 2.45) is 0 Å². The first kappa shape index (κ1) is 14.2. The monoisotopic (exact) mass is 293 g/mol. The molecule has 0 bridgehead atoms. The second kappa shape index (κ2) is 6.31. The van der Waals surface area contributed by atoms with Crippen molar-refractivity contribution in [1.82, 2.24) is 10.3 Å². The number of hydrogen-bond donors (Lipinski definition) is 1. The van der Waals surface area contributed by atoms with Gasteiger partial charge < -0.3 is 10.2 Å². The highest BCUT2D eigenvalue weighted by molar-refractivity contribution is 6.33. The quantitative estimate of drug-likeness (QED) is 0.791. The van der Waals surface area contributed by atoms with Crippen LogP contribution in [0.1, 0.15) is 51.0 Å². The number of hydrogen-bond acceptors (Lipinski definition) is 3. The van der Waals surface area contributed by atoms with E-state index in [2.05, 4.69) is 28.2 Å². The Morgan fingerprint density at radius 2 is 2.15 bits per heavy atom. The summed E-state index contributed by atoms with van der Waals surface area (Å²) in [6, 6.07) is 3.48. The summed E-state index contributed by atoms with van der Waals surface area (Å²) in [6.45, 7) is 4.19. The van der Waals surface area contributed by atoms with Gasteiger partial charge in [-0.25, -0.2) is 4.98 Å². The van der Waals surface area contributed by atoms with Gasteiger partial charge in [0.05, 0.1) is 5.02 Å². The van der Waals surface area contributed by atoms with Gasteiger partial charge in [0.25, 0.3) is 0 Å². The first-order chi connectivity index (χ1) is 9.78. The van der Waals surface area contributed by atoms with Crippen molar-refractivity contribution < 1.29 is 0 Å². The fourth-order valence-corrected chi connectivity index (χ4v) is 2.80. The number of rotatable bonds is 8. The maximum Gasteiger partial charge on any atom is 0.147 e. The molecular formula is C16H24ClN3. The van der Waals surface area contributed by atoms with Gasteiger partial charge in [0.1, 0.15) is 5.82 Å². The molecule has 0 aliphatic heterocycles. The molecule has 0 saturated heterocycles. The highest BCUT2D eigenvalue weighted by Crippen LogP contribution is 2.34. The maximum absolute atomic E-state index is 6.47. The number of anilines is 1. The normalized spacial score (nSPS) is 18.3. The molecular weight excluding hydrogens is 270 g/mol. The van der Waals surface area contributed by atoms with Crippen LogP contribution in [0.3, 0.4) is 0 Å². The first-order valence-corrected chi connectivity index (χ1v) is 8.30. The Balaban J connectivity index is 1.67. The van der Waals surface area contributed by atoms with Crippen LogP contribution in [0.5, 0.6) is 0 Å². The third kappa shape index (κ3) is 3.64.